The molecule has 0 heterocycles. The van der Waals surface area contributed by atoms with E-state index >= 15 is 0 Å². The highest BCUT2D eigenvalue weighted by Crippen LogP contribution is 2.25. The smallest absolute Gasteiger partial charge is 0.343 e. The Kier molecular flexibility index (Phi) is 5.02. The predicted octanol–water partition coefficient (Wildman–Crippen LogP) is 2.43. The topological polar surface area (TPSA) is 55.4 Å². The van der Waals surface area contributed by atoms with E-state index in [0.717, 1.165) is 6.20 Å². The lowest BCUT2D eigenvalue weighted by Gasteiger charge is -2.08. The zero-order valence-corrected chi connectivity index (χ0v) is 12.0. The minimum Gasteiger partial charge on any atom is -0.462 e. The highest BCUT2D eigenvalue weighted by Gasteiger charge is 2.37. The van der Waals surface area contributed by atoms with Gasteiger partial charge in [0, 0.05) is 18.7 Å². The van der Waals surface area contributed by atoms with Gasteiger partial charge in [-0.05, 0) is 13.0 Å². The van der Waals surface area contributed by atoms with Gasteiger partial charge in [-0.25, -0.2) is 22.4 Å². The molecule has 0 bridgehead atoms. The summed E-state index contributed by atoms with van der Waals surface area (Å²) in [6.45, 7) is 1.43. The van der Waals surface area contributed by atoms with Crippen LogP contribution in [0.2, 0.25) is 0 Å². The Morgan fingerprint density at radius 3 is 2.43 bits per heavy atom. The van der Waals surface area contributed by atoms with Gasteiger partial charge in [-0.3, -0.25) is 4.79 Å². The average Bonchev–Trinajstić information content (AvgIpc) is 3.19. The van der Waals surface area contributed by atoms with E-state index in [1.54, 1.807) is 0 Å². The first-order valence-corrected chi connectivity index (χ1v) is 6.81. The van der Waals surface area contributed by atoms with E-state index in [1.807, 2.05) is 0 Å². The summed E-state index contributed by atoms with van der Waals surface area (Å²) >= 11 is 0. The number of nitrogens with one attached hydrogen (secondary N) is 1. The van der Waals surface area contributed by atoms with Crippen LogP contribution in [0.5, 0.6) is 0 Å². The highest BCUT2D eigenvalue weighted by molar-refractivity contribution is 6.24. The van der Waals surface area contributed by atoms with Crippen LogP contribution in [0.4, 0.5) is 17.6 Å². The Labute approximate surface area is 129 Å². The molecule has 0 aliphatic heterocycles. The van der Waals surface area contributed by atoms with Crippen molar-refractivity contribution in [2.75, 3.05) is 6.61 Å². The first-order valence-electron chi connectivity index (χ1n) is 6.81. The van der Waals surface area contributed by atoms with Crippen molar-refractivity contribution < 1.29 is 31.9 Å². The number of Topliss-reactive ketones (excluding diaryl/α,β-unsaturated/α-hetero) is 1. The second-order valence-electron chi connectivity index (χ2n) is 4.88. The van der Waals surface area contributed by atoms with E-state index in [0.29, 0.717) is 6.07 Å². The average molecular weight is 331 g/mol. The van der Waals surface area contributed by atoms with Crippen molar-refractivity contribution in [3.8, 4) is 0 Å². The number of hydrogen-bond acceptors (Lipinski definition) is 4. The Bertz CT molecular complexity index is 675. The van der Waals surface area contributed by atoms with Crippen LogP contribution in [0.3, 0.4) is 0 Å². The largest absolute Gasteiger partial charge is 0.462 e. The van der Waals surface area contributed by atoms with Crippen LogP contribution in [0.15, 0.2) is 23.9 Å². The summed E-state index contributed by atoms with van der Waals surface area (Å²) in [6, 6.07) is 0.00823. The second kappa shape index (κ2) is 6.80. The van der Waals surface area contributed by atoms with E-state index in [1.165, 1.54) is 6.92 Å². The normalized spacial score (nSPS) is 20.1. The van der Waals surface area contributed by atoms with E-state index in [2.05, 4.69) is 10.1 Å². The van der Waals surface area contributed by atoms with E-state index in [-0.39, 0.29) is 19.1 Å². The molecule has 2 rings (SSSR count). The zero-order chi connectivity index (χ0) is 17.1. The molecule has 1 saturated carbocycles. The van der Waals surface area contributed by atoms with Crippen molar-refractivity contribution in [1.82, 2.24) is 5.32 Å². The lowest BCUT2D eigenvalue weighted by atomic mass is 10.0. The zero-order valence-electron chi connectivity index (χ0n) is 12.0. The number of hydrogen-bond donors (Lipinski definition) is 1. The van der Waals surface area contributed by atoms with E-state index in [4.69, 9.17) is 0 Å². The third-order valence-corrected chi connectivity index (χ3v) is 3.15. The molecule has 0 radical (unpaired) electrons. The molecule has 8 heteroatoms. The molecule has 1 N–H and O–H groups in total. The summed E-state index contributed by atoms with van der Waals surface area (Å²) in [6.07, 6.45) is 0.0100. The van der Waals surface area contributed by atoms with Crippen molar-refractivity contribution in [2.24, 2.45) is 0 Å². The molecule has 1 aromatic carbocycles. The van der Waals surface area contributed by atoms with Crippen molar-refractivity contribution >= 4 is 11.8 Å². The molecule has 1 aromatic rings. The van der Waals surface area contributed by atoms with Gasteiger partial charge in [0.1, 0.15) is 17.6 Å². The van der Waals surface area contributed by atoms with E-state index < -0.39 is 52.6 Å². The molecule has 0 aromatic heterocycles. The summed E-state index contributed by atoms with van der Waals surface area (Å²) in [5.74, 6) is -6.48. The third kappa shape index (κ3) is 3.88. The van der Waals surface area contributed by atoms with Crippen LogP contribution >= 0.6 is 0 Å². The molecule has 0 spiro atoms. The second-order valence-corrected chi connectivity index (χ2v) is 4.88. The molecule has 4 nitrogen and oxygen atoms in total. The fraction of sp³-hybridized carbons (Fsp3) is 0.333. The lowest BCUT2D eigenvalue weighted by Crippen LogP contribution is -2.22. The molecule has 0 saturated heterocycles. The van der Waals surface area contributed by atoms with Crippen LogP contribution in [0.1, 0.15) is 23.7 Å². The van der Waals surface area contributed by atoms with E-state index in [9.17, 15) is 27.2 Å². The predicted molar refractivity (Wildman–Crippen MR) is 71.8 cm³/mol. The van der Waals surface area contributed by atoms with Gasteiger partial charge < -0.3 is 10.1 Å². The molecule has 124 valence electrons. The number of carbonyl (C=O) groups excluding carboxylic acids is 2. The molecule has 23 heavy (non-hydrogen) atoms. The number of ketones is 1. The quantitative estimate of drug-likeness (QED) is 0.165. The number of rotatable bonds is 6. The summed E-state index contributed by atoms with van der Waals surface area (Å²) in [4.78, 5) is 24.0. The molecule has 2 atom stereocenters. The molecular formula is C15H13F4NO3. The summed E-state index contributed by atoms with van der Waals surface area (Å²) in [7, 11) is 0. The number of benzene rings is 1. The maximum atomic E-state index is 13.7. The van der Waals surface area contributed by atoms with Crippen LogP contribution in [-0.2, 0) is 9.53 Å². The van der Waals surface area contributed by atoms with Crippen LogP contribution in [-0.4, -0.2) is 30.6 Å². The minimum absolute atomic E-state index is 0.0567. The summed E-state index contributed by atoms with van der Waals surface area (Å²) in [5, 5.41) is 2.49. The Balaban J connectivity index is 2.32. The standard InChI is InChI=1S/C15H13F4NO3/c1-2-23-15(22)8(6-20-13-5-12(13)19)14(21)7-3-10(17)11(18)4-9(7)16/h3-4,6,12-13,20H,2,5H2,1H3/t12-,13+/m0/s1. The monoisotopic (exact) mass is 331 g/mol. The van der Waals surface area contributed by atoms with Gasteiger partial charge in [-0.1, -0.05) is 0 Å². The van der Waals surface area contributed by atoms with Crippen LogP contribution in [0.25, 0.3) is 0 Å². The van der Waals surface area contributed by atoms with Gasteiger partial charge >= 0.3 is 5.97 Å². The lowest BCUT2D eigenvalue weighted by molar-refractivity contribution is -0.138. The Morgan fingerprint density at radius 1 is 1.26 bits per heavy atom. The minimum atomic E-state index is -1.46. The van der Waals surface area contributed by atoms with Crippen LogP contribution in [0, 0.1) is 17.5 Å². The highest BCUT2D eigenvalue weighted by atomic mass is 19.2. The first kappa shape index (κ1) is 17.0. The molecule has 0 unspecified atom stereocenters. The Hall–Kier alpha value is -2.38. The number of ether oxygens (including phenoxy) is 1. The maximum absolute atomic E-state index is 13.7. The van der Waals surface area contributed by atoms with Gasteiger partial charge in [0.05, 0.1) is 18.2 Å². The number of carbonyl (C=O) groups is 2. The fourth-order valence-electron chi connectivity index (χ4n) is 1.79. The van der Waals surface area contributed by atoms with Gasteiger partial charge in [0.2, 0.25) is 5.78 Å². The van der Waals surface area contributed by atoms with Gasteiger partial charge in [0.15, 0.2) is 11.6 Å². The first-order chi connectivity index (χ1) is 10.8. The summed E-state index contributed by atoms with van der Waals surface area (Å²) in [5.41, 5.74) is -1.45. The summed E-state index contributed by atoms with van der Waals surface area (Å²) < 4.78 is 57.3. The number of esters is 1. The fourth-order valence-corrected chi connectivity index (χ4v) is 1.79. The van der Waals surface area contributed by atoms with Crippen molar-refractivity contribution in [3.63, 3.8) is 0 Å². The molecule has 0 amide bonds. The molecule has 1 aliphatic rings. The molecule has 1 fully saturated rings. The number of halogens is 4. The Morgan fingerprint density at radius 2 is 1.87 bits per heavy atom. The van der Waals surface area contributed by atoms with Crippen molar-refractivity contribution in [3.05, 3.63) is 46.9 Å². The molecule has 1 aliphatic carbocycles. The van der Waals surface area contributed by atoms with Gasteiger partial charge in [-0.2, -0.15) is 0 Å². The van der Waals surface area contributed by atoms with Crippen molar-refractivity contribution in [1.29, 1.82) is 0 Å². The van der Waals surface area contributed by atoms with Crippen molar-refractivity contribution in [2.45, 2.75) is 25.6 Å². The van der Waals surface area contributed by atoms with Gasteiger partial charge in [0.25, 0.3) is 0 Å². The molecular weight excluding hydrogens is 318 g/mol. The maximum Gasteiger partial charge on any atom is 0.343 e. The SMILES string of the molecule is CCOC(=O)C(=CN[C@@H]1C[C@@H]1F)C(=O)c1cc(F)c(F)cc1F. The number of alkyl halides is 1. The van der Waals surface area contributed by atoms with Crippen LogP contribution < -0.4 is 5.32 Å². The van der Waals surface area contributed by atoms with Gasteiger partial charge in [-0.15, -0.1) is 0 Å². The third-order valence-electron chi connectivity index (χ3n) is 3.15.